The van der Waals surface area contributed by atoms with E-state index in [-0.39, 0.29) is 5.91 Å². The van der Waals surface area contributed by atoms with Gasteiger partial charge in [0.25, 0.3) is 0 Å². The lowest BCUT2D eigenvalue weighted by molar-refractivity contribution is -0.119. The number of hydrogen-bond acceptors (Lipinski definition) is 4. The van der Waals surface area contributed by atoms with Crippen molar-refractivity contribution in [3.8, 4) is 0 Å². The Balaban J connectivity index is 1.61. The van der Waals surface area contributed by atoms with E-state index in [1.54, 1.807) is 0 Å². The number of aromatic nitrogens is 2. The summed E-state index contributed by atoms with van der Waals surface area (Å²) >= 11 is 1.47. The number of nitrogens with one attached hydrogen (secondary N) is 1. The molecule has 0 bridgehead atoms. The molecule has 2 unspecified atom stereocenters. The van der Waals surface area contributed by atoms with Crippen LogP contribution in [0.4, 0.5) is 0 Å². The largest absolute Gasteiger partial charge is 0.352 e. The summed E-state index contributed by atoms with van der Waals surface area (Å²) in [7, 11) is 0. The van der Waals surface area contributed by atoms with Gasteiger partial charge in [-0.05, 0) is 37.8 Å². The van der Waals surface area contributed by atoms with Crippen molar-refractivity contribution in [3.05, 3.63) is 30.0 Å². The number of benzene rings is 1. The number of fused-ring (bicyclic) bond motifs is 1. The number of nitrogens with zero attached hydrogens (tertiary/aromatic N) is 2. The molecular formula is C18H23N3OS. The molecule has 1 aliphatic rings. The molecule has 0 saturated heterocycles. The van der Waals surface area contributed by atoms with Crippen molar-refractivity contribution in [3.63, 3.8) is 0 Å². The minimum atomic E-state index is 0.100. The van der Waals surface area contributed by atoms with Crippen LogP contribution in [-0.2, 0) is 4.79 Å². The second kappa shape index (κ2) is 7.30. The lowest BCUT2D eigenvalue weighted by Crippen LogP contribution is -2.41. The SMILES string of the molecule is Cc1nc2ccccc2nc1SCC(=O)NC1CCCCC1C. The van der Waals surface area contributed by atoms with Crippen molar-refractivity contribution >= 4 is 28.7 Å². The molecule has 1 N–H and O–H groups in total. The Labute approximate surface area is 141 Å². The van der Waals surface area contributed by atoms with E-state index >= 15 is 0 Å². The summed E-state index contributed by atoms with van der Waals surface area (Å²) in [5.41, 5.74) is 2.66. The molecule has 0 radical (unpaired) electrons. The first-order chi connectivity index (χ1) is 11.1. The summed E-state index contributed by atoms with van der Waals surface area (Å²) in [4.78, 5) is 21.4. The van der Waals surface area contributed by atoms with Crippen LogP contribution in [0.3, 0.4) is 0 Å². The minimum absolute atomic E-state index is 0.100. The van der Waals surface area contributed by atoms with E-state index in [0.29, 0.717) is 17.7 Å². The van der Waals surface area contributed by atoms with E-state index in [9.17, 15) is 4.79 Å². The summed E-state index contributed by atoms with van der Waals surface area (Å²) in [6, 6.07) is 8.16. The van der Waals surface area contributed by atoms with Crippen LogP contribution < -0.4 is 5.32 Å². The van der Waals surface area contributed by atoms with Gasteiger partial charge in [-0.3, -0.25) is 4.79 Å². The molecule has 0 spiro atoms. The molecule has 5 heteroatoms. The summed E-state index contributed by atoms with van der Waals surface area (Å²) in [5.74, 6) is 1.08. The highest BCUT2D eigenvalue weighted by Gasteiger charge is 2.22. The Bertz CT molecular complexity index is 704. The van der Waals surface area contributed by atoms with Gasteiger partial charge in [0.2, 0.25) is 5.91 Å². The van der Waals surface area contributed by atoms with E-state index in [2.05, 4.69) is 22.2 Å². The summed E-state index contributed by atoms with van der Waals surface area (Å²) in [6.07, 6.45) is 4.82. The average molecular weight is 329 g/mol. The number of carbonyl (C=O) groups is 1. The number of carbonyl (C=O) groups excluding carboxylic acids is 1. The average Bonchev–Trinajstić information content (AvgIpc) is 2.55. The molecule has 23 heavy (non-hydrogen) atoms. The molecule has 0 aliphatic heterocycles. The Morgan fingerprint density at radius 3 is 2.65 bits per heavy atom. The van der Waals surface area contributed by atoms with E-state index in [1.165, 1.54) is 31.0 Å². The standard InChI is InChI=1S/C18H23N3OS/c1-12-7-3-4-8-14(12)20-17(22)11-23-18-13(2)19-15-9-5-6-10-16(15)21-18/h5-6,9-10,12,14H,3-4,7-8,11H2,1-2H3,(H,20,22). The second-order valence-corrected chi connectivity index (χ2v) is 7.29. The van der Waals surface area contributed by atoms with Gasteiger partial charge in [-0.25, -0.2) is 9.97 Å². The molecule has 4 nitrogen and oxygen atoms in total. The Morgan fingerprint density at radius 1 is 1.22 bits per heavy atom. The van der Waals surface area contributed by atoms with Crippen molar-refractivity contribution < 1.29 is 4.79 Å². The molecule has 2 atom stereocenters. The maximum atomic E-state index is 12.2. The van der Waals surface area contributed by atoms with E-state index in [4.69, 9.17) is 0 Å². The lowest BCUT2D eigenvalue weighted by atomic mass is 9.86. The predicted octanol–water partition coefficient (Wildman–Crippen LogP) is 3.73. The molecule has 1 aromatic heterocycles. The Morgan fingerprint density at radius 2 is 1.91 bits per heavy atom. The van der Waals surface area contributed by atoms with Crippen LogP contribution in [0, 0.1) is 12.8 Å². The first-order valence-corrected chi connectivity index (χ1v) is 9.27. The fourth-order valence-corrected chi connectivity index (χ4v) is 3.89. The molecule has 1 saturated carbocycles. The fourth-order valence-electron chi connectivity index (χ4n) is 3.12. The van der Waals surface area contributed by atoms with Crippen LogP contribution in [0.1, 0.15) is 38.3 Å². The molecule has 3 rings (SSSR count). The number of amides is 1. The van der Waals surface area contributed by atoms with Crippen LogP contribution in [-0.4, -0.2) is 27.7 Å². The van der Waals surface area contributed by atoms with Gasteiger partial charge < -0.3 is 5.32 Å². The molecule has 2 aromatic rings. The number of hydrogen-bond donors (Lipinski definition) is 1. The van der Waals surface area contributed by atoms with Crippen LogP contribution in [0.15, 0.2) is 29.3 Å². The van der Waals surface area contributed by atoms with Gasteiger partial charge in [0, 0.05) is 6.04 Å². The third kappa shape index (κ3) is 4.02. The van der Waals surface area contributed by atoms with Gasteiger partial charge in [-0.15, -0.1) is 0 Å². The molecule has 1 heterocycles. The highest BCUT2D eigenvalue weighted by molar-refractivity contribution is 7.99. The third-order valence-corrected chi connectivity index (χ3v) is 5.57. The zero-order chi connectivity index (χ0) is 16.2. The van der Waals surface area contributed by atoms with E-state index in [1.807, 2.05) is 31.2 Å². The molecule has 1 aromatic carbocycles. The highest BCUT2D eigenvalue weighted by atomic mass is 32.2. The van der Waals surface area contributed by atoms with Crippen LogP contribution in [0.25, 0.3) is 11.0 Å². The molecule has 1 fully saturated rings. The first-order valence-electron chi connectivity index (χ1n) is 8.29. The maximum Gasteiger partial charge on any atom is 0.230 e. The second-order valence-electron chi connectivity index (χ2n) is 6.33. The van der Waals surface area contributed by atoms with Crippen molar-refractivity contribution in [1.29, 1.82) is 0 Å². The van der Waals surface area contributed by atoms with Gasteiger partial charge in [0.05, 0.1) is 22.5 Å². The molecule has 1 amide bonds. The number of rotatable bonds is 4. The topological polar surface area (TPSA) is 54.9 Å². The first kappa shape index (κ1) is 16.2. The summed E-state index contributed by atoms with van der Waals surface area (Å²) in [6.45, 7) is 4.18. The monoisotopic (exact) mass is 329 g/mol. The van der Waals surface area contributed by atoms with Gasteiger partial charge in [0.15, 0.2) is 0 Å². The Hall–Kier alpha value is -1.62. The van der Waals surface area contributed by atoms with E-state index in [0.717, 1.165) is 28.2 Å². The smallest absolute Gasteiger partial charge is 0.230 e. The predicted molar refractivity (Wildman–Crippen MR) is 94.6 cm³/mol. The van der Waals surface area contributed by atoms with Crippen molar-refractivity contribution in [2.45, 2.75) is 50.6 Å². The van der Waals surface area contributed by atoms with Gasteiger partial charge in [-0.2, -0.15) is 0 Å². The quantitative estimate of drug-likeness (QED) is 0.869. The fraction of sp³-hybridized carbons (Fsp3) is 0.500. The number of thioether (sulfide) groups is 1. The molecular weight excluding hydrogens is 306 g/mol. The number of aryl methyl sites for hydroxylation is 1. The summed E-state index contributed by atoms with van der Waals surface area (Å²) < 4.78 is 0. The van der Waals surface area contributed by atoms with Crippen LogP contribution in [0.5, 0.6) is 0 Å². The van der Waals surface area contributed by atoms with Crippen molar-refractivity contribution in [1.82, 2.24) is 15.3 Å². The normalized spacial score (nSPS) is 21.3. The zero-order valence-corrected chi connectivity index (χ0v) is 14.5. The highest BCUT2D eigenvalue weighted by Crippen LogP contribution is 2.25. The minimum Gasteiger partial charge on any atom is -0.352 e. The molecule has 1 aliphatic carbocycles. The van der Waals surface area contributed by atoms with Crippen LogP contribution >= 0.6 is 11.8 Å². The van der Waals surface area contributed by atoms with Crippen molar-refractivity contribution in [2.24, 2.45) is 5.92 Å². The van der Waals surface area contributed by atoms with Gasteiger partial charge in [-0.1, -0.05) is 43.7 Å². The lowest BCUT2D eigenvalue weighted by Gasteiger charge is -2.29. The van der Waals surface area contributed by atoms with Crippen LogP contribution in [0.2, 0.25) is 0 Å². The zero-order valence-electron chi connectivity index (χ0n) is 13.7. The Kier molecular flexibility index (Phi) is 5.16. The number of para-hydroxylation sites is 2. The van der Waals surface area contributed by atoms with Gasteiger partial charge in [0.1, 0.15) is 5.03 Å². The maximum absolute atomic E-state index is 12.2. The van der Waals surface area contributed by atoms with Crippen molar-refractivity contribution in [2.75, 3.05) is 5.75 Å². The third-order valence-electron chi connectivity index (χ3n) is 4.50. The summed E-state index contributed by atoms with van der Waals surface area (Å²) in [5, 5.41) is 4.03. The van der Waals surface area contributed by atoms with Gasteiger partial charge >= 0.3 is 0 Å². The molecule has 122 valence electrons. The van der Waals surface area contributed by atoms with E-state index < -0.39 is 0 Å².